The highest BCUT2D eigenvalue weighted by molar-refractivity contribution is 7.07. The maximum Gasteiger partial charge on any atom is 0.340 e. The fourth-order valence-corrected chi connectivity index (χ4v) is 4.21. The van der Waals surface area contributed by atoms with Crippen LogP contribution in [-0.2, 0) is 6.54 Å². The summed E-state index contributed by atoms with van der Waals surface area (Å²) in [5.41, 5.74) is 10.6. The predicted octanol–water partition coefficient (Wildman–Crippen LogP) is 5.47. The number of anilines is 1. The molecule has 3 aromatic carbocycles. The molecule has 1 aromatic heterocycles. The van der Waals surface area contributed by atoms with Crippen molar-refractivity contribution in [2.45, 2.75) is 6.54 Å². The van der Waals surface area contributed by atoms with Gasteiger partial charge in [0.1, 0.15) is 0 Å². The normalized spacial score (nSPS) is 11.3. The van der Waals surface area contributed by atoms with Crippen LogP contribution in [0.25, 0.3) is 22.4 Å². The van der Waals surface area contributed by atoms with Crippen LogP contribution in [0.4, 0.5) is 10.5 Å². The van der Waals surface area contributed by atoms with Crippen LogP contribution in [0.1, 0.15) is 0 Å². The van der Waals surface area contributed by atoms with Gasteiger partial charge in [0.2, 0.25) is 4.80 Å². The zero-order valence-corrected chi connectivity index (χ0v) is 17.7. The summed E-state index contributed by atoms with van der Waals surface area (Å²) >= 11 is 1.45. The van der Waals surface area contributed by atoms with E-state index < -0.39 is 6.03 Å². The number of primary amides is 1. The Labute approximate surface area is 185 Å². The number of amides is 2. The standard InChI is InChI=1S/C25H22N4OS/c1-2-17-28-23(21-15-13-20(14-16-21)19-9-5-3-6-10-19)18-31-25(28)27-29(24(26)30)22-11-7-4-8-12-22/h2-16,18H,1,17H2,(H2,26,30)/b27-25-. The lowest BCUT2D eigenvalue weighted by molar-refractivity contribution is 0.254. The summed E-state index contributed by atoms with van der Waals surface area (Å²) in [5, 5.41) is 7.80. The quantitative estimate of drug-likeness (QED) is 0.322. The molecule has 0 unspecified atom stereocenters. The first kappa shape index (κ1) is 20.4. The topological polar surface area (TPSA) is 63.6 Å². The number of nitrogens with zero attached hydrogens (tertiary/aromatic N) is 3. The zero-order chi connectivity index (χ0) is 21.6. The molecule has 4 aromatic rings. The largest absolute Gasteiger partial charge is 0.350 e. The lowest BCUT2D eigenvalue weighted by Crippen LogP contribution is -2.34. The van der Waals surface area contributed by atoms with Gasteiger partial charge in [-0.1, -0.05) is 78.9 Å². The zero-order valence-electron chi connectivity index (χ0n) is 16.9. The maximum absolute atomic E-state index is 12.1. The number of hydrogen-bond acceptors (Lipinski definition) is 3. The van der Waals surface area contributed by atoms with Crippen LogP contribution in [-0.4, -0.2) is 10.6 Å². The van der Waals surface area contributed by atoms with E-state index in [0.717, 1.165) is 16.8 Å². The monoisotopic (exact) mass is 426 g/mol. The number of benzene rings is 3. The van der Waals surface area contributed by atoms with Crippen molar-refractivity contribution < 1.29 is 4.79 Å². The molecular formula is C25H22N4OS. The Hall–Kier alpha value is -3.90. The molecule has 0 radical (unpaired) electrons. The summed E-state index contributed by atoms with van der Waals surface area (Å²) < 4.78 is 2.02. The highest BCUT2D eigenvalue weighted by Crippen LogP contribution is 2.25. The Kier molecular flexibility index (Phi) is 6.10. The molecule has 0 bridgehead atoms. The number of hydrogen-bond donors (Lipinski definition) is 1. The second-order valence-corrected chi connectivity index (χ2v) is 7.67. The van der Waals surface area contributed by atoms with E-state index in [-0.39, 0.29) is 0 Å². The van der Waals surface area contributed by atoms with E-state index in [4.69, 9.17) is 5.73 Å². The van der Waals surface area contributed by atoms with Gasteiger partial charge in [0.15, 0.2) is 0 Å². The molecule has 6 heteroatoms. The van der Waals surface area contributed by atoms with Gasteiger partial charge in [0, 0.05) is 11.9 Å². The number of allylic oxidation sites excluding steroid dienone is 1. The SMILES string of the molecule is C=CCn1c(-c2ccc(-c3ccccc3)cc2)cs/c1=N\N(C(N)=O)c1ccccc1. The summed E-state index contributed by atoms with van der Waals surface area (Å²) in [7, 11) is 0. The number of carbonyl (C=O) groups excluding carboxylic acids is 1. The minimum Gasteiger partial charge on any atom is -0.350 e. The van der Waals surface area contributed by atoms with E-state index in [1.807, 2.05) is 52.4 Å². The van der Waals surface area contributed by atoms with Crippen molar-refractivity contribution in [3.63, 3.8) is 0 Å². The summed E-state index contributed by atoms with van der Waals surface area (Å²) in [6.45, 7) is 4.43. The van der Waals surface area contributed by atoms with Gasteiger partial charge >= 0.3 is 6.03 Å². The van der Waals surface area contributed by atoms with Crippen molar-refractivity contribution in [3.8, 4) is 22.4 Å². The van der Waals surface area contributed by atoms with Crippen molar-refractivity contribution in [2.24, 2.45) is 10.8 Å². The van der Waals surface area contributed by atoms with Crippen LogP contribution in [0.3, 0.4) is 0 Å². The molecular weight excluding hydrogens is 404 g/mol. The number of carbonyl (C=O) groups is 1. The first-order valence-electron chi connectivity index (χ1n) is 9.81. The highest BCUT2D eigenvalue weighted by Gasteiger charge is 2.13. The highest BCUT2D eigenvalue weighted by atomic mass is 32.1. The fourth-order valence-electron chi connectivity index (χ4n) is 3.30. The number of para-hydroxylation sites is 1. The molecule has 0 aliphatic rings. The molecule has 0 saturated heterocycles. The third-order valence-corrected chi connectivity index (χ3v) is 5.65. The molecule has 2 N–H and O–H groups in total. The van der Waals surface area contributed by atoms with Crippen molar-refractivity contribution in [2.75, 3.05) is 5.01 Å². The molecule has 5 nitrogen and oxygen atoms in total. The van der Waals surface area contributed by atoms with Crippen LogP contribution < -0.4 is 15.5 Å². The van der Waals surface area contributed by atoms with Crippen molar-refractivity contribution in [3.05, 3.63) is 108 Å². The Bertz CT molecular complexity index is 1240. The Morgan fingerprint density at radius 3 is 2.13 bits per heavy atom. The minimum absolute atomic E-state index is 0.555. The molecule has 2 amide bonds. The van der Waals surface area contributed by atoms with E-state index in [1.165, 1.54) is 21.9 Å². The number of urea groups is 1. The summed E-state index contributed by atoms with van der Waals surface area (Å²) in [5.74, 6) is 0. The van der Waals surface area contributed by atoms with Gasteiger partial charge in [-0.25, -0.2) is 4.79 Å². The van der Waals surface area contributed by atoms with E-state index >= 15 is 0 Å². The van der Waals surface area contributed by atoms with E-state index in [2.05, 4.69) is 48.1 Å². The summed E-state index contributed by atoms with van der Waals surface area (Å²) in [4.78, 5) is 12.7. The van der Waals surface area contributed by atoms with Crippen molar-refractivity contribution >= 4 is 23.1 Å². The van der Waals surface area contributed by atoms with Crippen molar-refractivity contribution in [1.29, 1.82) is 0 Å². The van der Waals surface area contributed by atoms with Gasteiger partial charge < -0.3 is 10.3 Å². The first-order chi connectivity index (χ1) is 15.2. The molecule has 4 rings (SSSR count). The van der Waals surface area contributed by atoms with Gasteiger partial charge in [-0.05, 0) is 28.8 Å². The second kappa shape index (κ2) is 9.28. The smallest absolute Gasteiger partial charge is 0.340 e. The fraction of sp³-hybridized carbons (Fsp3) is 0.0400. The average molecular weight is 427 g/mol. The number of aromatic nitrogens is 1. The molecule has 154 valence electrons. The maximum atomic E-state index is 12.1. The van der Waals surface area contributed by atoms with Crippen LogP contribution in [0.2, 0.25) is 0 Å². The van der Waals surface area contributed by atoms with Crippen LogP contribution in [0.5, 0.6) is 0 Å². The van der Waals surface area contributed by atoms with Crippen molar-refractivity contribution in [1.82, 2.24) is 4.57 Å². The number of nitrogens with two attached hydrogens (primary N) is 1. The second-order valence-electron chi connectivity index (χ2n) is 6.83. The van der Waals surface area contributed by atoms with Gasteiger partial charge in [-0.2, -0.15) is 5.01 Å². The number of rotatable bonds is 6. The molecule has 0 spiro atoms. The lowest BCUT2D eigenvalue weighted by Gasteiger charge is -2.14. The molecule has 0 aliphatic carbocycles. The predicted molar refractivity (Wildman–Crippen MR) is 127 cm³/mol. The van der Waals surface area contributed by atoms with Crippen LogP contribution >= 0.6 is 11.3 Å². The van der Waals surface area contributed by atoms with Crippen LogP contribution in [0, 0.1) is 0 Å². The van der Waals surface area contributed by atoms with Gasteiger partial charge in [-0.3, -0.25) is 0 Å². The van der Waals surface area contributed by atoms with Gasteiger partial charge in [0.25, 0.3) is 0 Å². The van der Waals surface area contributed by atoms with Gasteiger partial charge in [-0.15, -0.1) is 23.0 Å². The number of thiazole rings is 1. The summed E-state index contributed by atoms with van der Waals surface area (Å²) in [6.07, 6.45) is 1.81. The molecule has 0 aliphatic heterocycles. The minimum atomic E-state index is -0.640. The van der Waals surface area contributed by atoms with E-state index in [1.54, 1.807) is 12.1 Å². The molecule has 0 fully saturated rings. The average Bonchev–Trinajstić information content (AvgIpc) is 3.21. The van der Waals surface area contributed by atoms with Crippen LogP contribution in [0.15, 0.2) is 108 Å². The molecule has 1 heterocycles. The van der Waals surface area contributed by atoms with Gasteiger partial charge in [0.05, 0.1) is 11.4 Å². The third kappa shape index (κ3) is 4.49. The Balaban J connectivity index is 1.75. The van der Waals surface area contributed by atoms with E-state index in [9.17, 15) is 4.79 Å². The molecule has 0 atom stereocenters. The third-order valence-electron chi connectivity index (χ3n) is 4.79. The summed E-state index contributed by atoms with van der Waals surface area (Å²) in [6, 6.07) is 27.2. The Morgan fingerprint density at radius 2 is 1.52 bits per heavy atom. The van der Waals surface area contributed by atoms with E-state index in [0.29, 0.717) is 17.0 Å². The lowest BCUT2D eigenvalue weighted by atomic mass is 10.0. The first-order valence-corrected chi connectivity index (χ1v) is 10.7. The Morgan fingerprint density at radius 1 is 0.935 bits per heavy atom. The molecule has 0 saturated carbocycles. The molecule has 31 heavy (non-hydrogen) atoms.